The maximum atomic E-state index is 13.0. The summed E-state index contributed by atoms with van der Waals surface area (Å²) in [6.07, 6.45) is 0. The third-order valence-corrected chi connectivity index (χ3v) is 4.66. The van der Waals surface area contributed by atoms with Gasteiger partial charge in [0.1, 0.15) is 0 Å². The molecule has 112 valence electrons. The van der Waals surface area contributed by atoms with Crippen molar-refractivity contribution in [2.45, 2.75) is 6.92 Å². The molecular weight excluding hydrogens is 304 g/mol. The standard InChI is InChI=1S/C19H14N2OS/c1-13-6-8-14(9-7-13)20-18-16-4-2-3-5-17(16)21(19(18)22)15-10-11-23-12-15/h2-12H,1H3/p+1. The molecule has 0 aliphatic carbocycles. The molecule has 1 unspecified atom stereocenters. The van der Waals surface area contributed by atoms with Gasteiger partial charge >= 0.3 is 5.91 Å². The van der Waals surface area contributed by atoms with Crippen LogP contribution in [0.3, 0.4) is 0 Å². The summed E-state index contributed by atoms with van der Waals surface area (Å²) in [7, 11) is 0. The Bertz CT molecular complexity index is 895. The molecule has 1 aliphatic heterocycles. The van der Waals surface area contributed by atoms with E-state index in [0.29, 0.717) is 5.71 Å². The second-order valence-electron chi connectivity index (χ2n) is 5.56. The average Bonchev–Trinajstić information content (AvgIpc) is 3.17. The molecule has 1 aliphatic rings. The number of rotatable bonds is 2. The molecule has 1 atom stereocenters. The molecule has 1 amide bonds. The second kappa shape index (κ2) is 5.57. The van der Waals surface area contributed by atoms with Gasteiger partial charge in [0.15, 0.2) is 17.1 Å². The van der Waals surface area contributed by atoms with Gasteiger partial charge < -0.3 is 0 Å². The first-order chi connectivity index (χ1) is 11.2. The molecule has 23 heavy (non-hydrogen) atoms. The van der Waals surface area contributed by atoms with Crippen molar-refractivity contribution >= 4 is 40.0 Å². The smallest absolute Gasteiger partial charge is 0.238 e. The van der Waals surface area contributed by atoms with Crippen LogP contribution in [0.1, 0.15) is 11.1 Å². The molecule has 2 heterocycles. The van der Waals surface area contributed by atoms with E-state index in [1.807, 2.05) is 72.3 Å². The number of benzene rings is 2. The zero-order valence-corrected chi connectivity index (χ0v) is 13.4. The summed E-state index contributed by atoms with van der Waals surface area (Å²) in [5, 5.41) is 4.01. The van der Waals surface area contributed by atoms with Gasteiger partial charge in [0.05, 0.1) is 16.6 Å². The van der Waals surface area contributed by atoms with Crippen molar-refractivity contribution in [2.75, 3.05) is 0 Å². The number of hydrogen-bond acceptors (Lipinski definition) is 3. The van der Waals surface area contributed by atoms with Crippen LogP contribution in [-0.4, -0.2) is 11.6 Å². The van der Waals surface area contributed by atoms with Crippen LogP contribution in [0.15, 0.2) is 70.3 Å². The Morgan fingerprint density at radius 2 is 1.78 bits per heavy atom. The van der Waals surface area contributed by atoms with Gasteiger partial charge in [-0.25, -0.2) is 14.7 Å². The maximum absolute atomic E-state index is 13.0. The molecule has 4 heteroatoms. The lowest BCUT2D eigenvalue weighted by Gasteiger charge is -2.06. The number of quaternary nitrogens is 1. The SMILES string of the molecule is Cc1ccc(N=C2C(=O)[NH+](c3ccsc3)c3ccccc32)cc1. The molecule has 0 spiro atoms. The number of carbonyl (C=O) groups is 1. The lowest BCUT2D eigenvalue weighted by Crippen LogP contribution is -3.04. The van der Waals surface area contributed by atoms with Crippen molar-refractivity contribution in [3.63, 3.8) is 0 Å². The maximum Gasteiger partial charge on any atom is 0.373 e. The molecule has 1 N–H and O–H groups in total. The highest BCUT2D eigenvalue weighted by Crippen LogP contribution is 2.24. The fourth-order valence-electron chi connectivity index (χ4n) is 2.82. The van der Waals surface area contributed by atoms with E-state index in [1.165, 1.54) is 5.56 Å². The fourth-order valence-corrected chi connectivity index (χ4v) is 3.47. The van der Waals surface area contributed by atoms with Crippen molar-refractivity contribution in [1.29, 1.82) is 0 Å². The second-order valence-corrected chi connectivity index (χ2v) is 6.34. The third kappa shape index (κ3) is 2.42. The molecule has 3 nitrogen and oxygen atoms in total. The van der Waals surface area contributed by atoms with Gasteiger partial charge in [0, 0.05) is 12.1 Å². The van der Waals surface area contributed by atoms with Gasteiger partial charge in [0.2, 0.25) is 0 Å². The van der Waals surface area contributed by atoms with E-state index in [1.54, 1.807) is 11.3 Å². The molecular formula is C19H15N2OS+. The number of nitrogens with one attached hydrogen (secondary N) is 1. The lowest BCUT2D eigenvalue weighted by molar-refractivity contribution is -0.663. The van der Waals surface area contributed by atoms with Crippen LogP contribution in [0.25, 0.3) is 0 Å². The van der Waals surface area contributed by atoms with Crippen LogP contribution >= 0.6 is 11.3 Å². The van der Waals surface area contributed by atoms with Crippen molar-refractivity contribution in [3.05, 3.63) is 76.5 Å². The van der Waals surface area contributed by atoms with Crippen LogP contribution in [0, 0.1) is 6.92 Å². The van der Waals surface area contributed by atoms with E-state index >= 15 is 0 Å². The van der Waals surface area contributed by atoms with Crippen LogP contribution in [0.5, 0.6) is 0 Å². The minimum Gasteiger partial charge on any atom is -0.238 e. The third-order valence-electron chi connectivity index (χ3n) is 3.98. The summed E-state index contributed by atoms with van der Waals surface area (Å²) in [6.45, 7) is 2.04. The quantitative estimate of drug-likeness (QED) is 0.770. The lowest BCUT2D eigenvalue weighted by atomic mass is 10.1. The normalized spacial score (nSPS) is 18.4. The van der Waals surface area contributed by atoms with E-state index in [-0.39, 0.29) is 5.91 Å². The van der Waals surface area contributed by atoms with Crippen molar-refractivity contribution < 1.29 is 9.69 Å². The van der Waals surface area contributed by atoms with Gasteiger partial charge in [0.25, 0.3) is 0 Å². The molecule has 2 aromatic carbocycles. The van der Waals surface area contributed by atoms with E-state index in [9.17, 15) is 4.79 Å². The van der Waals surface area contributed by atoms with Crippen molar-refractivity contribution in [2.24, 2.45) is 4.99 Å². The minimum atomic E-state index is 0.00479. The zero-order chi connectivity index (χ0) is 15.8. The van der Waals surface area contributed by atoms with Crippen LogP contribution < -0.4 is 4.90 Å². The van der Waals surface area contributed by atoms with Gasteiger partial charge in [-0.1, -0.05) is 29.8 Å². The summed E-state index contributed by atoms with van der Waals surface area (Å²) >= 11 is 1.60. The predicted octanol–water partition coefficient (Wildman–Crippen LogP) is 3.57. The number of hydrogen-bond donors (Lipinski definition) is 1. The Hall–Kier alpha value is -2.56. The fraction of sp³-hybridized carbons (Fsp3) is 0.0526. The number of amides is 1. The summed E-state index contributed by atoms with van der Waals surface area (Å²) in [4.78, 5) is 18.4. The first-order valence-corrected chi connectivity index (χ1v) is 8.37. The van der Waals surface area contributed by atoms with Crippen LogP contribution in [0.4, 0.5) is 17.1 Å². The Kier molecular flexibility index (Phi) is 3.41. The van der Waals surface area contributed by atoms with Gasteiger partial charge in [-0.2, -0.15) is 0 Å². The molecule has 1 aromatic heterocycles. The summed E-state index contributed by atoms with van der Waals surface area (Å²) in [5.41, 5.74) is 5.38. The Labute approximate surface area is 138 Å². The molecule has 3 aromatic rings. The molecule has 0 radical (unpaired) electrons. The Morgan fingerprint density at radius 1 is 1.00 bits per heavy atom. The first kappa shape index (κ1) is 14.1. The average molecular weight is 319 g/mol. The van der Waals surface area contributed by atoms with E-state index in [2.05, 4.69) is 4.99 Å². The minimum absolute atomic E-state index is 0.00479. The summed E-state index contributed by atoms with van der Waals surface area (Å²) in [5.74, 6) is 0.00479. The van der Waals surface area contributed by atoms with E-state index < -0.39 is 0 Å². The Balaban J connectivity index is 1.85. The molecule has 4 rings (SSSR count). The molecule has 0 saturated heterocycles. The molecule has 0 bridgehead atoms. The predicted molar refractivity (Wildman–Crippen MR) is 93.4 cm³/mol. The number of para-hydroxylation sites is 1. The van der Waals surface area contributed by atoms with Crippen LogP contribution in [-0.2, 0) is 4.79 Å². The summed E-state index contributed by atoms with van der Waals surface area (Å²) in [6, 6.07) is 17.8. The van der Waals surface area contributed by atoms with Crippen molar-refractivity contribution in [3.8, 4) is 0 Å². The highest BCUT2D eigenvalue weighted by Gasteiger charge is 2.41. The van der Waals surface area contributed by atoms with Gasteiger partial charge in [-0.15, -0.1) is 11.3 Å². The van der Waals surface area contributed by atoms with Crippen LogP contribution in [0.2, 0.25) is 0 Å². The zero-order valence-electron chi connectivity index (χ0n) is 12.6. The Morgan fingerprint density at radius 3 is 2.52 bits per heavy atom. The molecule has 0 saturated carbocycles. The number of aryl methyl sites for hydroxylation is 1. The highest BCUT2D eigenvalue weighted by atomic mass is 32.1. The first-order valence-electron chi connectivity index (χ1n) is 7.43. The monoisotopic (exact) mass is 319 g/mol. The van der Waals surface area contributed by atoms with Gasteiger partial charge in [-0.05, 0) is 30.5 Å². The largest absolute Gasteiger partial charge is 0.373 e. The topological polar surface area (TPSA) is 33.9 Å². The van der Waals surface area contributed by atoms with Crippen molar-refractivity contribution in [1.82, 2.24) is 0 Å². The number of fused-ring (bicyclic) bond motifs is 1. The van der Waals surface area contributed by atoms with E-state index in [0.717, 1.165) is 27.5 Å². The summed E-state index contributed by atoms with van der Waals surface area (Å²) < 4.78 is 0. The van der Waals surface area contributed by atoms with E-state index in [4.69, 9.17) is 0 Å². The number of nitrogens with zero attached hydrogens (tertiary/aromatic N) is 1. The number of aliphatic imine (C=N–C) groups is 1. The van der Waals surface area contributed by atoms with Gasteiger partial charge in [-0.3, -0.25) is 0 Å². The number of carbonyl (C=O) groups excluding carboxylic acids is 1. The number of thiophene rings is 1. The molecule has 0 fully saturated rings. The highest BCUT2D eigenvalue weighted by molar-refractivity contribution is 7.08.